The Kier molecular flexibility index (Phi) is 5.59. The summed E-state index contributed by atoms with van der Waals surface area (Å²) in [6.07, 6.45) is 4.17. The van der Waals surface area contributed by atoms with Crippen molar-refractivity contribution in [3.63, 3.8) is 0 Å². The summed E-state index contributed by atoms with van der Waals surface area (Å²) in [5, 5.41) is 15.9. The minimum Gasteiger partial charge on any atom is -0.294 e. The molecule has 0 radical (unpaired) electrons. The smallest absolute Gasteiger partial charge is 0.294 e. The molecule has 0 unspecified atom stereocenters. The van der Waals surface area contributed by atoms with Crippen LogP contribution in [0.2, 0.25) is 0 Å². The topological polar surface area (TPSA) is 89.8 Å². The van der Waals surface area contributed by atoms with Crippen LogP contribution in [0.5, 0.6) is 0 Å². The summed E-state index contributed by atoms with van der Waals surface area (Å²) in [6, 6.07) is 0. The fourth-order valence-electron chi connectivity index (χ4n) is 2.30. The summed E-state index contributed by atoms with van der Waals surface area (Å²) >= 11 is 1.31. The lowest BCUT2D eigenvalue weighted by molar-refractivity contribution is -0.112. The van der Waals surface area contributed by atoms with Crippen LogP contribution >= 0.6 is 11.3 Å². The van der Waals surface area contributed by atoms with Crippen molar-refractivity contribution in [3.8, 4) is 0 Å². The molecule has 7 nitrogen and oxygen atoms in total. The first-order chi connectivity index (χ1) is 10.9. The monoisotopic (exact) mass is 335 g/mol. The van der Waals surface area contributed by atoms with Crippen LogP contribution in [-0.4, -0.2) is 31.7 Å². The molecule has 0 fully saturated rings. The molecule has 0 saturated carbocycles. The highest BCUT2D eigenvalue weighted by atomic mass is 32.1. The molecule has 1 amide bonds. The van der Waals surface area contributed by atoms with Gasteiger partial charge in [-0.15, -0.1) is 10.2 Å². The lowest BCUT2D eigenvalue weighted by atomic mass is 10.1. The van der Waals surface area contributed by atoms with E-state index in [0.29, 0.717) is 22.1 Å². The number of anilines is 1. The SMILES string of the molecule is CCCCCc1nnc(NC(=O)C(=O)c2c(C)nn(C)c2C)s1. The molecule has 8 heteroatoms. The molecular formula is C15H21N5O2S. The number of aryl methyl sites for hydroxylation is 3. The Balaban J connectivity index is 2.03. The Bertz CT molecular complexity index is 720. The number of unbranched alkanes of at least 4 members (excludes halogenated alkanes) is 2. The number of aromatic nitrogens is 4. The maximum Gasteiger partial charge on any atom is 0.298 e. The number of carbonyl (C=O) groups is 2. The van der Waals surface area contributed by atoms with Crippen molar-refractivity contribution in [2.75, 3.05) is 5.32 Å². The zero-order chi connectivity index (χ0) is 17.0. The predicted octanol–water partition coefficient (Wildman–Crippen LogP) is 2.44. The molecule has 0 spiro atoms. The normalized spacial score (nSPS) is 10.8. The molecule has 0 aliphatic rings. The van der Waals surface area contributed by atoms with E-state index in [4.69, 9.17) is 0 Å². The number of carbonyl (C=O) groups excluding carboxylic acids is 2. The number of hydrogen-bond acceptors (Lipinski definition) is 6. The molecule has 0 aromatic carbocycles. The van der Waals surface area contributed by atoms with E-state index in [1.54, 1.807) is 25.6 Å². The van der Waals surface area contributed by atoms with Crippen LogP contribution in [-0.2, 0) is 18.3 Å². The summed E-state index contributed by atoms with van der Waals surface area (Å²) in [6.45, 7) is 5.61. The van der Waals surface area contributed by atoms with Gasteiger partial charge < -0.3 is 0 Å². The van der Waals surface area contributed by atoms with Gasteiger partial charge in [-0.25, -0.2) is 0 Å². The van der Waals surface area contributed by atoms with Crippen molar-refractivity contribution in [1.29, 1.82) is 0 Å². The molecule has 2 heterocycles. The van der Waals surface area contributed by atoms with Gasteiger partial charge in [-0.3, -0.25) is 19.6 Å². The lowest BCUT2D eigenvalue weighted by Crippen LogP contribution is -2.24. The van der Waals surface area contributed by atoms with E-state index in [1.807, 2.05) is 0 Å². The predicted molar refractivity (Wildman–Crippen MR) is 88.8 cm³/mol. The van der Waals surface area contributed by atoms with Crippen LogP contribution in [0.15, 0.2) is 0 Å². The highest BCUT2D eigenvalue weighted by Crippen LogP contribution is 2.19. The van der Waals surface area contributed by atoms with Crippen LogP contribution in [0.3, 0.4) is 0 Å². The molecule has 2 aromatic heterocycles. The van der Waals surface area contributed by atoms with Gasteiger partial charge in [-0.05, 0) is 20.3 Å². The average Bonchev–Trinajstić information content (AvgIpc) is 3.04. The standard InChI is InChI=1S/C15H21N5O2S/c1-5-6-7-8-11-17-18-15(23-11)16-14(22)13(21)12-9(2)19-20(4)10(12)3/h5-8H2,1-4H3,(H,16,18,22). The van der Waals surface area contributed by atoms with Gasteiger partial charge in [0.15, 0.2) is 0 Å². The second-order valence-electron chi connectivity index (χ2n) is 5.41. The van der Waals surface area contributed by atoms with Crippen molar-refractivity contribution in [2.24, 2.45) is 7.05 Å². The number of nitrogens with one attached hydrogen (secondary N) is 1. The highest BCUT2D eigenvalue weighted by Gasteiger charge is 2.24. The Labute approximate surface area is 139 Å². The second kappa shape index (κ2) is 7.45. The molecule has 124 valence electrons. The Morgan fingerprint density at radius 3 is 2.57 bits per heavy atom. The molecule has 2 rings (SSSR count). The first kappa shape index (κ1) is 17.3. The molecule has 23 heavy (non-hydrogen) atoms. The maximum atomic E-state index is 12.3. The third-order valence-electron chi connectivity index (χ3n) is 3.62. The third kappa shape index (κ3) is 4.01. The zero-order valence-electron chi connectivity index (χ0n) is 13.8. The van der Waals surface area contributed by atoms with Crippen LogP contribution < -0.4 is 5.32 Å². The highest BCUT2D eigenvalue weighted by molar-refractivity contribution is 7.15. The van der Waals surface area contributed by atoms with E-state index in [9.17, 15) is 9.59 Å². The van der Waals surface area contributed by atoms with E-state index in [2.05, 4.69) is 27.5 Å². The van der Waals surface area contributed by atoms with E-state index in [1.165, 1.54) is 11.3 Å². The number of nitrogens with zero attached hydrogens (tertiary/aromatic N) is 4. The minimum atomic E-state index is -0.708. The van der Waals surface area contributed by atoms with Gasteiger partial charge in [-0.2, -0.15) is 5.10 Å². The van der Waals surface area contributed by atoms with Gasteiger partial charge in [0.05, 0.1) is 11.3 Å². The van der Waals surface area contributed by atoms with Gasteiger partial charge in [0.25, 0.3) is 11.7 Å². The summed E-state index contributed by atoms with van der Waals surface area (Å²) in [5.74, 6) is -1.31. The summed E-state index contributed by atoms with van der Waals surface area (Å²) in [4.78, 5) is 24.5. The van der Waals surface area contributed by atoms with Crippen LogP contribution in [0.1, 0.15) is 52.9 Å². The molecule has 0 saturated heterocycles. The molecule has 0 aliphatic heterocycles. The van der Waals surface area contributed by atoms with Gasteiger partial charge in [0.1, 0.15) is 5.01 Å². The molecule has 0 aliphatic carbocycles. The number of Topliss-reactive ketones (excluding diaryl/α,β-unsaturated/α-hetero) is 1. The van der Waals surface area contributed by atoms with E-state index >= 15 is 0 Å². The van der Waals surface area contributed by atoms with E-state index in [0.717, 1.165) is 30.7 Å². The van der Waals surface area contributed by atoms with Crippen molar-refractivity contribution >= 4 is 28.2 Å². The summed E-state index contributed by atoms with van der Waals surface area (Å²) in [7, 11) is 1.74. The van der Waals surface area contributed by atoms with Gasteiger partial charge in [-0.1, -0.05) is 31.1 Å². The molecule has 2 aromatic rings. The Morgan fingerprint density at radius 1 is 1.22 bits per heavy atom. The third-order valence-corrected chi connectivity index (χ3v) is 4.52. The van der Waals surface area contributed by atoms with Crippen molar-refractivity contribution < 1.29 is 9.59 Å². The van der Waals surface area contributed by atoms with Gasteiger partial charge in [0, 0.05) is 19.2 Å². The van der Waals surface area contributed by atoms with Crippen molar-refractivity contribution in [3.05, 3.63) is 22.0 Å². The van der Waals surface area contributed by atoms with Crippen LogP contribution in [0.25, 0.3) is 0 Å². The summed E-state index contributed by atoms with van der Waals surface area (Å²) < 4.78 is 1.59. The molecule has 1 N–H and O–H groups in total. The van der Waals surface area contributed by atoms with Gasteiger partial charge >= 0.3 is 0 Å². The first-order valence-electron chi connectivity index (χ1n) is 7.62. The number of ketones is 1. The second-order valence-corrected chi connectivity index (χ2v) is 6.47. The zero-order valence-corrected chi connectivity index (χ0v) is 14.7. The number of amides is 1. The fraction of sp³-hybridized carbons (Fsp3) is 0.533. The largest absolute Gasteiger partial charge is 0.298 e. The molecule has 0 atom stereocenters. The number of hydrogen-bond donors (Lipinski definition) is 1. The number of rotatable bonds is 7. The van der Waals surface area contributed by atoms with Crippen LogP contribution in [0.4, 0.5) is 5.13 Å². The summed E-state index contributed by atoms with van der Waals surface area (Å²) in [5.41, 5.74) is 1.56. The van der Waals surface area contributed by atoms with Crippen molar-refractivity contribution in [1.82, 2.24) is 20.0 Å². The Hall–Kier alpha value is -2.09. The van der Waals surface area contributed by atoms with Crippen LogP contribution in [0, 0.1) is 13.8 Å². The van der Waals surface area contributed by atoms with E-state index in [-0.39, 0.29) is 0 Å². The van der Waals surface area contributed by atoms with Gasteiger partial charge in [0.2, 0.25) is 5.13 Å². The quantitative estimate of drug-likeness (QED) is 0.477. The fourth-order valence-corrected chi connectivity index (χ4v) is 3.08. The molecule has 0 bridgehead atoms. The molecular weight excluding hydrogens is 314 g/mol. The first-order valence-corrected chi connectivity index (χ1v) is 8.44. The Morgan fingerprint density at radius 2 is 1.96 bits per heavy atom. The lowest BCUT2D eigenvalue weighted by Gasteiger charge is -2.01. The van der Waals surface area contributed by atoms with Crippen molar-refractivity contribution in [2.45, 2.75) is 46.5 Å². The van der Waals surface area contributed by atoms with E-state index < -0.39 is 11.7 Å². The average molecular weight is 335 g/mol. The maximum absolute atomic E-state index is 12.3. The minimum absolute atomic E-state index is 0.345.